The van der Waals surface area contributed by atoms with Crippen LogP contribution in [0.15, 0.2) is 66.5 Å². The van der Waals surface area contributed by atoms with Gasteiger partial charge in [0.1, 0.15) is 17.9 Å². The zero-order chi connectivity index (χ0) is 41.5. The van der Waals surface area contributed by atoms with E-state index >= 15 is 0 Å². The second-order valence-electron chi connectivity index (χ2n) is 15.9. The van der Waals surface area contributed by atoms with Gasteiger partial charge >= 0.3 is 6.09 Å². The maximum absolute atomic E-state index is 13.1. The first-order valence-electron chi connectivity index (χ1n) is 18.7. The Morgan fingerprint density at radius 2 is 1.70 bits per heavy atom. The Bertz CT molecular complexity index is 1830. The summed E-state index contributed by atoms with van der Waals surface area (Å²) in [6.07, 6.45) is 1.64. The van der Waals surface area contributed by atoms with Crippen molar-refractivity contribution in [2.24, 2.45) is 11.6 Å². The average Bonchev–Trinajstić information content (AvgIpc) is 3.35. The van der Waals surface area contributed by atoms with Crippen molar-refractivity contribution in [3.63, 3.8) is 0 Å². The molecule has 3 aliphatic heterocycles. The molecular formula is C40H57N9O7. The molecule has 8 N–H and O–H groups in total. The number of amides is 5. The number of nitrogens with zero attached hydrogens (tertiary/aromatic N) is 4. The number of rotatable bonds is 11. The third kappa shape index (κ3) is 11.2. The summed E-state index contributed by atoms with van der Waals surface area (Å²) in [4.78, 5) is 66.7. The number of imide groups is 2. The Morgan fingerprint density at radius 1 is 1.05 bits per heavy atom. The second kappa shape index (κ2) is 17.9. The summed E-state index contributed by atoms with van der Waals surface area (Å²) in [5.41, 5.74) is 9.49. The lowest BCUT2D eigenvalue weighted by atomic mass is 9.96. The Balaban J connectivity index is 0.000000265. The van der Waals surface area contributed by atoms with Crippen molar-refractivity contribution in [1.29, 1.82) is 0 Å². The highest BCUT2D eigenvalue weighted by Gasteiger charge is 2.45. The van der Waals surface area contributed by atoms with E-state index in [1.54, 1.807) is 30.2 Å². The molecule has 2 saturated heterocycles. The molecule has 0 bridgehead atoms. The molecule has 16 nitrogen and oxygen atoms in total. The Hall–Kier alpha value is -5.61. The molecule has 3 aliphatic rings. The molecule has 0 aliphatic carbocycles. The van der Waals surface area contributed by atoms with Crippen molar-refractivity contribution in [1.82, 2.24) is 20.1 Å². The van der Waals surface area contributed by atoms with Crippen molar-refractivity contribution in [2.45, 2.75) is 91.1 Å². The summed E-state index contributed by atoms with van der Waals surface area (Å²) >= 11 is 0. The van der Waals surface area contributed by atoms with Crippen LogP contribution in [0, 0.1) is 0 Å². The van der Waals surface area contributed by atoms with Crippen molar-refractivity contribution < 1.29 is 33.8 Å². The van der Waals surface area contributed by atoms with E-state index in [0.29, 0.717) is 30.9 Å². The molecule has 0 spiro atoms. The number of nitrogens with one attached hydrogen (secondary N) is 3. The van der Waals surface area contributed by atoms with Gasteiger partial charge in [0.15, 0.2) is 0 Å². The van der Waals surface area contributed by atoms with Gasteiger partial charge in [-0.3, -0.25) is 29.4 Å². The molecule has 2 unspecified atom stereocenters. The summed E-state index contributed by atoms with van der Waals surface area (Å²) in [6, 6.07) is 11.8. The van der Waals surface area contributed by atoms with Gasteiger partial charge in [-0.2, -0.15) is 0 Å². The topological polar surface area (TPSA) is 216 Å². The standard InChI is InChI=1S/C23H30N6O4.C17H27N3O3/c1-13(2)10-23(3,4)28(25)12-14(24)11-26-16-7-5-6-15-19(16)22(33)29(21(15)32)17-8-9-18(30)27-20(17)31;1-13(21)18-14-5-7-15(8-6-14)19-9-11-20(12-10-19)16(22)23-17(2,3)4/h5-7,12,17,26H,1,8-11,24-25H2,2-4H3,(H,27,30,31);5-8,13,18,21H,9-12H2,1-4H3/b14-12-;. The van der Waals surface area contributed by atoms with Crippen LogP contribution in [0.5, 0.6) is 0 Å². The first-order valence-corrected chi connectivity index (χ1v) is 18.7. The number of piperazine rings is 1. The van der Waals surface area contributed by atoms with Gasteiger partial charge in [-0.15, -0.1) is 6.58 Å². The van der Waals surface area contributed by atoms with Gasteiger partial charge in [0, 0.05) is 61.6 Å². The van der Waals surface area contributed by atoms with E-state index in [1.807, 2.05) is 65.8 Å². The van der Waals surface area contributed by atoms with Crippen LogP contribution in [0.4, 0.5) is 21.9 Å². The number of hydrogen-bond acceptors (Lipinski definition) is 13. The number of hydrazine groups is 1. The lowest BCUT2D eigenvalue weighted by Gasteiger charge is -2.36. The van der Waals surface area contributed by atoms with E-state index in [2.05, 4.69) is 27.4 Å². The molecule has 16 heteroatoms. The Morgan fingerprint density at radius 3 is 2.27 bits per heavy atom. The monoisotopic (exact) mass is 775 g/mol. The average molecular weight is 776 g/mol. The number of hydrogen-bond donors (Lipinski definition) is 6. The Kier molecular flexibility index (Phi) is 13.8. The minimum absolute atomic E-state index is 0.0631. The van der Waals surface area contributed by atoms with Gasteiger partial charge < -0.3 is 41.0 Å². The van der Waals surface area contributed by atoms with Crippen LogP contribution in [-0.4, -0.2) is 106 Å². The molecule has 5 amide bonds. The quantitative estimate of drug-likeness (QED) is 0.0632. The van der Waals surface area contributed by atoms with Crippen molar-refractivity contribution in [3.05, 3.63) is 77.6 Å². The highest BCUT2D eigenvalue weighted by Crippen LogP contribution is 2.32. The van der Waals surface area contributed by atoms with Crippen LogP contribution < -0.4 is 32.4 Å². The summed E-state index contributed by atoms with van der Waals surface area (Å²) in [7, 11) is 0. The van der Waals surface area contributed by atoms with Crippen LogP contribution in [0.3, 0.4) is 0 Å². The number of anilines is 3. The van der Waals surface area contributed by atoms with Crippen molar-refractivity contribution >= 4 is 46.8 Å². The number of carbonyl (C=O) groups excluding carboxylic acids is 5. The van der Waals surface area contributed by atoms with E-state index in [1.165, 1.54) is 11.1 Å². The normalized spacial score (nSPS) is 18.1. The fraction of sp³-hybridized carbons (Fsp3) is 0.475. The lowest BCUT2D eigenvalue weighted by Crippen LogP contribution is -2.54. The zero-order valence-corrected chi connectivity index (χ0v) is 33.5. The first-order chi connectivity index (χ1) is 26.2. The largest absolute Gasteiger partial charge is 0.444 e. The number of aliphatic hydroxyl groups excluding tert-OH is 1. The maximum Gasteiger partial charge on any atom is 0.410 e. The molecular weight excluding hydrogens is 718 g/mol. The molecule has 2 aromatic carbocycles. The molecule has 2 fully saturated rings. The molecule has 304 valence electrons. The maximum atomic E-state index is 13.1. The summed E-state index contributed by atoms with van der Waals surface area (Å²) in [5.74, 6) is 3.95. The molecule has 0 aromatic heterocycles. The van der Waals surface area contributed by atoms with Gasteiger partial charge in [0.05, 0.1) is 23.2 Å². The molecule has 5 rings (SSSR count). The minimum atomic E-state index is -1.02. The highest BCUT2D eigenvalue weighted by atomic mass is 16.6. The number of piperidine rings is 1. The number of aliphatic hydroxyl groups is 1. The number of fused-ring (bicyclic) bond motifs is 1. The minimum Gasteiger partial charge on any atom is -0.444 e. The summed E-state index contributed by atoms with van der Waals surface area (Å²) < 4.78 is 5.41. The fourth-order valence-electron chi connectivity index (χ4n) is 6.57. The number of ether oxygens (including phenoxy) is 1. The van der Waals surface area contributed by atoms with E-state index in [0.717, 1.165) is 34.9 Å². The summed E-state index contributed by atoms with van der Waals surface area (Å²) in [6.45, 7) is 20.2. The molecule has 2 atom stereocenters. The van der Waals surface area contributed by atoms with Crippen LogP contribution >= 0.6 is 0 Å². The smallest absolute Gasteiger partial charge is 0.410 e. The van der Waals surface area contributed by atoms with Gasteiger partial charge in [-0.05, 0) is 97.7 Å². The molecule has 3 heterocycles. The predicted molar refractivity (Wildman–Crippen MR) is 215 cm³/mol. The zero-order valence-electron chi connectivity index (χ0n) is 33.5. The third-order valence-corrected chi connectivity index (χ3v) is 9.23. The highest BCUT2D eigenvalue weighted by molar-refractivity contribution is 6.25. The molecule has 2 aromatic rings. The van der Waals surface area contributed by atoms with E-state index in [-0.39, 0.29) is 36.6 Å². The number of benzene rings is 2. The number of carbonyl (C=O) groups is 5. The van der Waals surface area contributed by atoms with E-state index in [9.17, 15) is 29.1 Å². The van der Waals surface area contributed by atoms with Gasteiger partial charge in [-0.1, -0.05) is 11.6 Å². The molecule has 56 heavy (non-hydrogen) atoms. The molecule has 0 saturated carbocycles. The third-order valence-electron chi connectivity index (χ3n) is 9.23. The van der Waals surface area contributed by atoms with Crippen molar-refractivity contribution in [2.75, 3.05) is 48.3 Å². The van der Waals surface area contributed by atoms with Gasteiger partial charge in [0.2, 0.25) is 11.8 Å². The van der Waals surface area contributed by atoms with E-state index < -0.39 is 47.0 Å². The fourth-order valence-corrected chi connectivity index (χ4v) is 6.57. The van der Waals surface area contributed by atoms with Gasteiger partial charge in [0.25, 0.3) is 11.8 Å². The lowest BCUT2D eigenvalue weighted by molar-refractivity contribution is -0.136. The summed E-state index contributed by atoms with van der Waals surface area (Å²) in [5, 5.41) is 19.1. The van der Waals surface area contributed by atoms with Crippen LogP contribution in [0.25, 0.3) is 0 Å². The number of nitrogens with two attached hydrogens (primary N) is 2. The van der Waals surface area contributed by atoms with Crippen LogP contribution in [0.2, 0.25) is 0 Å². The molecule has 0 radical (unpaired) electrons. The predicted octanol–water partition coefficient (Wildman–Crippen LogP) is 3.71. The SMILES string of the molecule is C=C(C)CC(C)(C)N(N)/C=C(\N)CNc1cccc2c1C(=O)N(C1CCC(=O)NC1=O)C2=O.CC(O)Nc1ccc(N2CCN(C(=O)OC(C)(C)C)CC2)cc1. The van der Waals surface area contributed by atoms with E-state index in [4.69, 9.17) is 16.3 Å². The van der Waals surface area contributed by atoms with Crippen molar-refractivity contribution in [3.8, 4) is 0 Å². The van der Waals surface area contributed by atoms with Crippen LogP contribution in [-0.2, 0) is 14.3 Å². The Labute approximate surface area is 328 Å². The first kappa shape index (κ1) is 43.1. The van der Waals surface area contributed by atoms with Gasteiger partial charge in [-0.25, -0.2) is 10.6 Å². The van der Waals surface area contributed by atoms with Crippen LogP contribution in [0.1, 0.15) is 88.4 Å². The second-order valence-corrected chi connectivity index (χ2v) is 15.9.